The van der Waals surface area contributed by atoms with Crippen molar-refractivity contribution in [1.29, 1.82) is 0 Å². The van der Waals surface area contributed by atoms with Crippen LogP contribution >= 0.6 is 0 Å². The van der Waals surface area contributed by atoms with E-state index in [9.17, 15) is 8.42 Å². The molecule has 1 fully saturated rings. The first-order valence-corrected chi connectivity index (χ1v) is 8.27. The molecule has 3 N–H and O–H groups in total. The summed E-state index contributed by atoms with van der Waals surface area (Å²) in [5.41, 5.74) is 5.07. The minimum absolute atomic E-state index is 0.0234. The molecule has 1 saturated heterocycles. The highest BCUT2D eigenvalue weighted by Gasteiger charge is 2.27. The van der Waals surface area contributed by atoms with Crippen molar-refractivity contribution in [2.45, 2.75) is 58.2 Å². The number of piperidine rings is 1. The maximum atomic E-state index is 11.9. The number of nitrogens with one attached hydrogen (secondary N) is 1. The van der Waals surface area contributed by atoms with Gasteiger partial charge in [0.2, 0.25) is 10.0 Å². The Kier molecular flexibility index (Phi) is 5.17. The van der Waals surface area contributed by atoms with Crippen molar-refractivity contribution in [2.24, 2.45) is 5.73 Å². The molecule has 1 aliphatic heterocycles. The number of likely N-dealkylation sites (tertiary alicyclic amines) is 1. The van der Waals surface area contributed by atoms with Gasteiger partial charge in [-0.3, -0.25) is 0 Å². The first kappa shape index (κ1) is 15.9. The topological polar surface area (TPSA) is 75.4 Å². The SMILES string of the molecule is CC(C)N1CCC(NS(=O)(=O)CC(C)(C)N)CC1. The Morgan fingerprint density at radius 1 is 1.33 bits per heavy atom. The van der Waals surface area contributed by atoms with Gasteiger partial charge in [0.05, 0.1) is 5.75 Å². The van der Waals surface area contributed by atoms with Crippen molar-refractivity contribution in [2.75, 3.05) is 18.8 Å². The van der Waals surface area contributed by atoms with E-state index < -0.39 is 15.6 Å². The number of rotatable bonds is 5. The largest absolute Gasteiger partial charge is 0.325 e. The maximum absolute atomic E-state index is 11.9. The number of sulfonamides is 1. The summed E-state index contributed by atoms with van der Waals surface area (Å²) >= 11 is 0. The van der Waals surface area contributed by atoms with Gasteiger partial charge in [-0.15, -0.1) is 0 Å². The van der Waals surface area contributed by atoms with Crippen LogP contribution in [0.3, 0.4) is 0 Å². The molecular weight excluding hydrogens is 250 g/mol. The highest BCUT2D eigenvalue weighted by molar-refractivity contribution is 7.89. The molecule has 1 rings (SSSR count). The van der Waals surface area contributed by atoms with Crippen LogP contribution in [0.15, 0.2) is 0 Å². The molecule has 0 atom stereocenters. The molecule has 0 aliphatic carbocycles. The van der Waals surface area contributed by atoms with Gasteiger partial charge in [-0.05, 0) is 53.6 Å². The fourth-order valence-corrected chi connectivity index (χ4v) is 4.13. The fraction of sp³-hybridized carbons (Fsp3) is 1.00. The van der Waals surface area contributed by atoms with Gasteiger partial charge >= 0.3 is 0 Å². The van der Waals surface area contributed by atoms with Gasteiger partial charge in [-0.1, -0.05) is 0 Å². The Bertz CT molecular complexity index is 352. The predicted molar refractivity (Wildman–Crippen MR) is 74.9 cm³/mol. The van der Waals surface area contributed by atoms with Gasteiger partial charge in [-0.2, -0.15) is 0 Å². The molecule has 0 aromatic carbocycles. The second-order valence-electron chi connectivity index (χ2n) is 6.27. The summed E-state index contributed by atoms with van der Waals surface area (Å²) in [4.78, 5) is 2.37. The van der Waals surface area contributed by atoms with E-state index >= 15 is 0 Å². The summed E-state index contributed by atoms with van der Waals surface area (Å²) < 4.78 is 26.6. The van der Waals surface area contributed by atoms with Crippen LogP contribution in [0, 0.1) is 0 Å². The van der Waals surface area contributed by atoms with Crippen molar-refractivity contribution in [3.8, 4) is 0 Å². The summed E-state index contributed by atoms with van der Waals surface area (Å²) in [7, 11) is -3.27. The monoisotopic (exact) mass is 277 g/mol. The van der Waals surface area contributed by atoms with Crippen LogP contribution in [0.1, 0.15) is 40.5 Å². The molecule has 1 aliphatic rings. The average Bonchev–Trinajstić information content (AvgIpc) is 2.13. The lowest BCUT2D eigenvalue weighted by Crippen LogP contribution is -2.50. The molecule has 0 amide bonds. The lowest BCUT2D eigenvalue weighted by molar-refractivity contribution is 0.168. The molecule has 0 unspecified atom stereocenters. The third-order valence-corrected chi connectivity index (χ3v) is 4.98. The minimum atomic E-state index is -3.27. The van der Waals surface area contributed by atoms with E-state index in [0.29, 0.717) is 6.04 Å². The van der Waals surface area contributed by atoms with Gasteiger partial charge in [0.1, 0.15) is 0 Å². The van der Waals surface area contributed by atoms with Crippen LogP contribution < -0.4 is 10.5 Å². The molecule has 0 spiro atoms. The van der Waals surface area contributed by atoms with Crippen molar-refractivity contribution < 1.29 is 8.42 Å². The Hall–Kier alpha value is -0.170. The summed E-state index contributed by atoms with van der Waals surface area (Å²) in [5.74, 6) is -0.0234. The summed E-state index contributed by atoms with van der Waals surface area (Å²) in [6, 6.07) is 0.595. The molecule has 0 aromatic rings. The molecule has 5 nitrogen and oxygen atoms in total. The summed E-state index contributed by atoms with van der Waals surface area (Å²) in [6.07, 6.45) is 1.75. The second-order valence-corrected chi connectivity index (χ2v) is 8.02. The van der Waals surface area contributed by atoms with E-state index in [-0.39, 0.29) is 11.8 Å². The van der Waals surface area contributed by atoms with E-state index in [0.717, 1.165) is 25.9 Å². The second kappa shape index (κ2) is 5.86. The van der Waals surface area contributed by atoms with Gasteiger partial charge in [0.25, 0.3) is 0 Å². The Balaban J connectivity index is 2.46. The quantitative estimate of drug-likeness (QED) is 0.768. The predicted octanol–water partition coefficient (Wildman–Crippen LogP) is 0.516. The van der Waals surface area contributed by atoms with Gasteiger partial charge in [0.15, 0.2) is 0 Å². The van der Waals surface area contributed by atoms with E-state index in [2.05, 4.69) is 23.5 Å². The van der Waals surface area contributed by atoms with Gasteiger partial charge in [0, 0.05) is 17.6 Å². The van der Waals surface area contributed by atoms with Crippen molar-refractivity contribution >= 4 is 10.0 Å². The third-order valence-electron chi connectivity index (χ3n) is 3.17. The molecule has 18 heavy (non-hydrogen) atoms. The van der Waals surface area contributed by atoms with Crippen LogP contribution in [0.5, 0.6) is 0 Å². The molecule has 0 radical (unpaired) electrons. The van der Waals surface area contributed by atoms with E-state index in [1.807, 2.05) is 0 Å². The Labute approximate surface area is 111 Å². The standard InChI is InChI=1S/C12H27N3O2S/c1-10(2)15-7-5-11(6-8-15)14-18(16,17)9-12(3,4)13/h10-11,14H,5-9,13H2,1-4H3. The van der Waals surface area contributed by atoms with Crippen molar-refractivity contribution in [3.05, 3.63) is 0 Å². The third kappa shape index (κ3) is 5.65. The zero-order chi connectivity index (χ0) is 14.0. The summed E-state index contributed by atoms with van der Waals surface area (Å²) in [6.45, 7) is 9.71. The van der Waals surface area contributed by atoms with Crippen LogP contribution in [-0.2, 0) is 10.0 Å². The molecular formula is C12H27N3O2S. The lowest BCUT2D eigenvalue weighted by Gasteiger charge is -2.35. The Morgan fingerprint density at radius 3 is 2.22 bits per heavy atom. The van der Waals surface area contributed by atoms with Crippen LogP contribution in [0.25, 0.3) is 0 Å². The van der Waals surface area contributed by atoms with E-state index in [4.69, 9.17) is 5.73 Å². The summed E-state index contributed by atoms with van der Waals surface area (Å²) in [5, 5.41) is 0. The van der Waals surface area contributed by atoms with E-state index in [1.54, 1.807) is 13.8 Å². The van der Waals surface area contributed by atoms with Gasteiger partial charge in [-0.25, -0.2) is 13.1 Å². The number of nitrogens with two attached hydrogens (primary N) is 1. The zero-order valence-electron chi connectivity index (χ0n) is 11.9. The fourth-order valence-electron chi connectivity index (χ4n) is 2.32. The highest BCUT2D eigenvalue weighted by Crippen LogP contribution is 2.14. The first-order valence-electron chi connectivity index (χ1n) is 6.62. The first-order chi connectivity index (χ1) is 8.09. The number of hydrogen-bond acceptors (Lipinski definition) is 4. The van der Waals surface area contributed by atoms with Crippen LogP contribution in [-0.4, -0.2) is 49.8 Å². The van der Waals surface area contributed by atoms with E-state index in [1.165, 1.54) is 0 Å². The molecule has 0 aromatic heterocycles. The van der Waals surface area contributed by atoms with Crippen LogP contribution in [0.4, 0.5) is 0 Å². The normalized spacial score (nSPS) is 20.6. The molecule has 0 bridgehead atoms. The molecule has 108 valence electrons. The minimum Gasteiger partial charge on any atom is -0.325 e. The zero-order valence-corrected chi connectivity index (χ0v) is 12.8. The van der Waals surface area contributed by atoms with Gasteiger partial charge < -0.3 is 10.6 Å². The van der Waals surface area contributed by atoms with Crippen LogP contribution in [0.2, 0.25) is 0 Å². The number of nitrogens with zero attached hydrogens (tertiary/aromatic N) is 1. The molecule has 0 saturated carbocycles. The average molecular weight is 277 g/mol. The van der Waals surface area contributed by atoms with Crippen molar-refractivity contribution in [3.63, 3.8) is 0 Å². The Morgan fingerprint density at radius 2 is 1.83 bits per heavy atom. The molecule has 1 heterocycles. The highest BCUT2D eigenvalue weighted by atomic mass is 32.2. The lowest BCUT2D eigenvalue weighted by atomic mass is 10.1. The smallest absolute Gasteiger partial charge is 0.213 e. The number of hydrogen-bond donors (Lipinski definition) is 2. The van der Waals surface area contributed by atoms with Crippen molar-refractivity contribution in [1.82, 2.24) is 9.62 Å². The molecule has 6 heteroatoms. The maximum Gasteiger partial charge on any atom is 0.213 e.